The molecule has 1 aliphatic rings. The number of rotatable bonds is 10. The second kappa shape index (κ2) is 10.6. The van der Waals surface area contributed by atoms with Gasteiger partial charge in [-0.15, -0.1) is 0 Å². The zero-order valence-corrected chi connectivity index (χ0v) is 18.7. The van der Waals surface area contributed by atoms with Gasteiger partial charge in [-0.1, -0.05) is 55.8 Å². The Labute approximate surface area is 188 Å². The zero-order chi connectivity index (χ0) is 22.4. The summed E-state index contributed by atoms with van der Waals surface area (Å²) in [7, 11) is 0. The van der Waals surface area contributed by atoms with Crippen LogP contribution < -0.4 is 5.32 Å². The minimum atomic E-state index is -0.290. The van der Waals surface area contributed by atoms with E-state index in [-0.39, 0.29) is 36.7 Å². The lowest BCUT2D eigenvalue weighted by Gasteiger charge is -2.31. The Bertz CT molecular complexity index is 924. The molecule has 1 unspecified atom stereocenters. The summed E-state index contributed by atoms with van der Waals surface area (Å²) < 4.78 is 0. The summed E-state index contributed by atoms with van der Waals surface area (Å²) in [5.41, 5.74) is 1.84. The molecule has 2 aromatic rings. The minimum absolute atomic E-state index is 0.0242. The van der Waals surface area contributed by atoms with Crippen molar-refractivity contribution in [2.24, 2.45) is 0 Å². The number of carbonyl (C=O) groups is 3. The first-order valence-electron chi connectivity index (χ1n) is 10.7. The molecule has 0 aromatic heterocycles. The number of amides is 3. The number of nitrogens with one attached hydrogen (secondary N) is 1. The molecule has 0 bridgehead atoms. The number of benzene rings is 2. The highest BCUT2D eigenvalue weighted by Crippen LogP contribution is 2.27. The van der Waals surface area contributed by atoms with Crippen molar-refractivity contribution in [2.75, 3.05) is 26.2 Å². The van der Waals surface area contributed by atoms with Gasteiger partial charge in [0, 0.05) is 24.5 Å². The largest absolute Gasteiger partial charge is 0.354 e. The highest BCUT2D eigenvalue weighted by Gasteiger charge is 2.34. The molecule has 3 rings (SSSR count). The second-order valence-corrected chi connectivity index (χ2v) is 7.88. The summed E-state index contributed by atoms with van der Waals surface area (Å²) in [6.45, 7) is 6.50. The highest BCUT2D eigenvalue weighted by molar-refractivity contribution is 6.31. The lowest BCUT2D eigenvalue weighted by molar-refractivity contribution is -0.121. The van der Waals surface area contributed by atoms with E-state index in [1.165, 1.54) is 4.90 Å². The number of halogens is 1. The fourth-order valence-electron chi connectivity index (χ4n) is 3.98. The van der Waals surface area contributed by atoms with Crippen molar-refractivity contribution in [3.05, 3.63) is 70.2 Å². The fourth-order valence-corrected chi connectivity index (χ4v) is 4.25. The third-order valence-corrected chi connectivity index (χ3v) is 6.02. The average Bonchev–Trinajstić information content (AvgIpc) is 3.02. The predicted octanol–water partition coefficient (Wildman–Crippen LogP) is 3.92. The number of hydrogen-bond acceptors (Lipinski definition) is 4. The van der Waals surface area contributed by atoms with Crippen LogP contribution >= 0.6 is 11.6 Å². The maximum Gasteiger partial charge on any atom is 0.261 e. The molecule has 31 heavy (non-hydrogen) atoms. The van der Waals surface area contributed by atoms with E-state index in [2.05, 4.69) is 24.1 Å². The van der Waals surface area contributed by atoms with Crippen LogP contribution in [-0.4, -0.2) is 53.7 Å². The first-order chi connectivity index (χ1) is 15.0. The smallest absolute Gasteiger partial charge is 0.261 e. The van der Waals surface area contributed by atoms with Gasteiger partial charge in [-0.05, 0) is 43.3 Å². The van der Waals surface area contributed by atoms with Gasteiger partial charge in [-0.2, -0.15) is 0 Å². The standard InChI is InChI=1S/C24H28ClN3O3/c1-3-27(4-2)21(19-12-7-8-13-20(19)25)16-26-22(29)14-9-15-28-23(30)17-10-5-6-11-18(17)24(28)31/h5-8,10-13,21H,3-4,9,14-16H2,1-2H3,(H,26,29). The van der Waals surface area contributed by atoms with Crippen LogP contribution in [0.3, 0.4) is 0 Å². The summed E-state index contributed by atoms with van der Waals surface area (Å²) in [4.78, 5) is 40.8. The summed E-state index contributed by atoms with van der Waals surface area (Å²) >= 11 is 6.41. The van der Waals surface area contributed by atoms with Gasteiger partial charge >= 0.3 is 0 Å². The van der Waals surface area contributed by atoms with Gasteiger partial charge in [-0.25, -0.2) is 0 Å². The van der Waals surface area contributed by atoms with Crippen LogP contribution in [-0.2, 0) is 4.79 Å². The van der Waals surface area contributed by atoms with Crippen molar-refractivity contribution in [3.8, 4) is 0 Å². The van der Waals surface area contributed by atoms with Crippen LogP contribution in [0.25, 0.3) is 0 Å². The third kappa shape index (κ3) is 5.14. The Morgan fingerprint density at radius 1 is 1.00 bits per heavy atom. The van der Waals surface area contributed by atoms with Crippen molar-refractivity contribution in [2.45, 2.75) is 32.7 Å². The third-order valence-electron chi connectivity index (χ3n) is 5.67. The van der Waals surface area contributed by atoms with E-state index in [1.54, 1.807) is 24.3 Å². The number of likely N-dealkylation sites (N-methyl/N-ethyl adjacent to an activating group) is 1. The van der Waals surface area contributed by atoms with Crippen LogP contribution in [0.2, 0.25) is 5.02 Å². The summed E-state index contributed by atoms with van der Waals surface area (Å²) in [6.07, 6.45) is 0.653. The van der Waals surface area contributed by atoms with Crippen molar-refractivity contribution in [1.82, 2.24) is 15.1 Å². The van der Waals surface area contributed by atoms with E-state index in [0.717, 1.165) is 18.7 Å². The Hall–Kier alpha value is -2.70. The summed E-state index contributed by atoms with van der Waals surface area (Å²) in [5.74, 6) is -0.691. The normalized spacial score (nSPS) is 14.1. The minimum Gasteiger partial charge on any atom is -0.354 e. The van der Waals surface area contributed by atoms with Crippen LogP contribution in [0, 0.1) is 0 Å². The van der Waals surface area contributed by atoms with Crippen molar-refractivity contribution >= 4 is 29.3 Å². The first-order valence-corrected chi connectivity index (χ1v) is 11.1. The fraction of sp³-hybridized carbons (Fsp3) is 0.375. The summed E-state index contributed by atoms with van der Waals surface area (Å²) in [5, 5.41) is 3.67. The van der Waals surface area contributed by atoms with Gasteiger partial charge in [0.1, 0.15) is 0 Å². The number of fused-ring (bicyclic) bond motifs is 1. The molecule has 7 heteroatoms. The number of imide groups is 1. The molecule has 0 saturated heterocycles. The van der Waals surface area contributed by atoms with Crippen molar-refractivity contribution < 1.29 is 14.4 Å². The van der Waals surface area contributed by atoms with Crippen LogP contribution in [0.15, 0.2) is 48.5 Å². The van der Waals surface area contributed by atoms with Crippen LogP contribution in [0.5, 0.6) is 0 Å². The molecule has 0 fully saturated rings. The zero-order valence-electron chi connectivity index (χ0n) is 17.9. The Morgan fingerprint density at radius 2 is 1.58 bits per heavy atom. The average molecular weight is 442 g/mol. The molecular formula is C24H28ClN3O3. The maximum atomic E-state index is 12.5. The van der Waals surface area contributed by atoms with E-state index >= 15 is 0 Å². The molecule has 0 spiro atoms. The molecule has 1 aliphatic heterocycles. The SMILES string of the molecule is CCN(CC)C(CNC(=O)CCCN1C(=O)c2ccccc2C1=O)c1ccccc1Cl. The molecule has 0 aliphatic carbocycles. The maximum absolute atomic E-state index is 12.5. The van der Waals surface area contributed by atoms with E-state index in [9.17, 15) is 14.4 Å². The molecule has 0 saturated carbocycles. The number of hydrogen-bond donors (Lipinski definition) is 1. The highest BCUT2D eigenvalue weighted by atomic mass is 35.5. The molecule has 164 valence electrons. The molecule has 1 N–H and O–H groups in total. The van der Waals surface area contributed by atoms with E-state index in [0.29, 0.717) is 29.1 Å². The predicted molar refractivity (Wildman–Crippen MR) is 121 cm³/mol. The van der Waals surface area contributed by atoms with Crippen LogP contribution in [0.4, 0.5) is 0 Å². The molecule has 1 atom stereocenters. The topological polar surface area (TPSA) is 69.7 Å². The van der Waals surface area contributed by atoms with Crippen molar-refractivity contribution in [3.63, 3.8) is 0 Å². The van der Waals surface area contributed by atoms with Crippen molar-refractivity contribution in [1.29, 1.82) is 0 Å². The van der Waals surface area contributed by atoms with Gasteiger partial charge in [0.25, 0.3) is 11.8 Å². The van der Waals surface area contributed by atoms with Gasteiger partial charge < -0.3 is 5.32 Å². The van der Waals surface area contributed by atoms with E-state index in [4.69, 9.17) is 11.6 Å². The Balaban J connectivity index is 1.54. The number of nitrogens with zero attached hydrogens (tertiary/aromatic N) is 2. The second-order valence-electron chi connectivity index (χ2n) is 7.47. The van der Waals surface area contributed by atoms with Gasteiger partial charge in [0.05, 0.1) is 17.2 Å². The first kappa shape index (κ1) is 23.0. The molecular weight excluding hydrogens is 414 g/mol. The summed E-state index contributed by atoms with van der Waals surface area (Å²) in [6, 6.07) is 14.5. The molecule has 1 heterocycles. The van der Waals surface area contributed by atoms with Gasteiger partial charge in [0.2, 0.25) is 5.91 Å². The molecule has 0 radical (unpaired) electrons. The van der Waals surface area contributed by atoms with Gasteiger partial charge in [0.15, 0.2) is 0 Å². The lowest BCUT2D eigenvalue weighted by atomic mass is 10.0. The molecule has 2 aromatic carbocycles. The lowest BCUT2D eigenvalue weighted by Crippen LogP contribution is -2.38. The Morgan fingerprint density at radius 3 is 2.16 bits per heavy atom. The molecule has 6 nitrogen and oxygen atoms in total. The van der Waals surface area contributed by atoms with E-state index < -0.39 is 0 Å². The number of carbonyl (C=O) groups excluding carboxylic acids is 3. The quantitative estimate of drug-likeness (QED) is 0.567. The van der Waals surface area contributed by atoms with Gasteiger partial charge in [-0.3, -0.25) is 24.2 Å². The Kier molecular flexibility index (Phi) is 7.82. The van der Waals surface area contributed by atoms with E-state index in [1.807, 2.05) is 24.3 Å². The van der Waals surface area contributed by atoms with Crippen LogP contribution in [0.1, 0.15) is 59.0 Å². The molecule has 3 amide bonds. The monoisotopic (exact) mass is 441 g/mol.